The van der Waals surface area contributed by atoms with Crippen LogP contribution in [0.4, 0.5) is 11.4 Å². The van der Waals surface area contributed by atoms with Gasteiger partial charge in [0.15, 0.2) is 0 Å². The van der Waals surface area contributed by atoms with E-state index in [-0.39, 0.29) is 5.91 Å². The van der Waals surface area contributed by atoms with Crippen LogP contribution in [0.2, 0.25) is 0 Å². The van der Waals surface area contributed by atoms with Crippen molar-refractivity contribution in [1.29, 1.82) is 0 Å². The Morgan fingerprint density at radius 3 is 2.45 bits per heavy atom. The Kier molecular flexibility index (Phi) is 4.45. The Bertz CT molecular complexity index is 623. The monoisotopic (exact) mass is 332 g/mol. The number of nitrogens with two attached hydrogens (primary N) is 1. The molecule has 2 N–H and O–H groups in total. The minimum absolute atomic E-state index is 0.118. The predicted molar refractivity (Wildman–Crippen MR) is 87.1 cm³/mol. The van der Waals surface area contributed by atoms with Crippen molar-refractivity contribution in [3.63, 3.8) is 0 Å². The third-order valence-electron chi connectivity index (χ3n) is 3.28. The summed E-state index contributed by atoms with van der Waals surface area (Å²) < 4.78 is 0.838. The molecule has 0 aromatic heterocycles. The fourth-order valence-electron chi connectivity index (χ4n) is 1.97. The predicted octanol–water partition coefficient (Wildman–Crippen LogP) is 3.87. The largest absolute Gasteiger partial charge is 0.398 e. The summed E-state index contributed by atoms with van der Waals surface area (Å²) >= 11 is 3.36. The standard InChI is InChI=1S/C16H17BrN2O/c1-3-11-4-7-13(8-5-11)19(2)16(20)14-10-12(17)6-9-15(14)18/h4-10H,3,18H2,1-2H3. The minimum Gasteiger partial charge on any atom is -0.398 e. The van der Waals surface area contributed by atoms with Crippen LogP contribution in [0.5, 0.6) is 0 Å². The van der Waals surface area contributed by atoms with Gasteiger partial charge in [0.25, 0.3) is 5.91 Å². The van der Waals surface area contributed by atoms with Crippen LogP contribution < -0.4 is 10.6 Å². The van der Waals surface area contributed by atoms with E-state index in [0.29, 0.717) is 11.3 Å². The number of rotatable bonds is 3. The molecule has 0 aliphatic carbocycles. The summed E-state index contributed by atoms with van der Waals surface area (Å²) in [6.07, 6.45) is 0.983. The van der Waals surface area contributed by atoms with E-state index in [0.717, 1.165) is 16.6 Å². The third-order valence-corrected chi connectivity index (χ3v) is 3.78. The van der Waals surface area contributed by atoms with Gasteiger partial charge in [-0.2, -0.15) is 0 Å². The molecule has 104 valence electrons. The Balaban J connectivity index is 2.29. The lowest BCUT2D eigenvalue weighted by Crippen LogP contribution is -2.27. The molecule has 0 heterocycles. The Hall–Kier alpha value is -1.81. The van der Waals surface area contributed by atoms with Crippen LogP contribution in [0.3, 0.4) is 0 Å². The average molecular weight is 333 g/mol. The van der Waals surface area contributed by atoms with E-state index in [1.54, 1.807) is 24.1 Å². The normalized spacial score (nSPS) is 10.3. The molecule has 1 amide bonds. The maximum absolute atomic E-state index is 12.5. The fraction of sp³-hybridized carbons (Fsp3) is 0.188. The molecular formula is C16H17BrN2O. The molecule has 3 nitrogen and oxygen atoms in total. The molecule has 2 rings (SSSR count). The van der Waals surface area contributed by atoms with Gasteiger partial charge in [-0.3, -0.25) is 4.79 Å². The Morgan fingerprint density at radius 1 is 1.20 bits per heavy atom. The van der Waals surface area contributed by atoms with Crippen molar-refractivity contribution in [2.24, 2.45) is 0 Å². The molecule has 2 aromatic carbocycles. The summed E-state index contributed by atoms with van der Waals surface area (Å²) in [7, 11) is 1.75. The fourth-order valence-corrected chi connectivity index (χ4v) is 2.33. The number of aryl methyl sites for hydroxylation is 1. The van der Waals surface area contributed by atoms with Crippen LogP contribution >= 0.6 is 15.9 Å². The zero-order valence-corrected chi connectivity index (χ0v) is 13.1. The molecular weight excluding hydrogens is 316 g/mol. The highest BCUT2D eigenvalue weighted by Gasteiger charge is 2.16. The number of benzene rings is 2. The number of hydrogen-bond donors (Lipinski definition) is 1. The molecule has 2 aromatic rings. The van der Waals surface area contributed by atoms with Gasteiger partial charge in [-0.15, -0.1) is 0 Å². The van der Waals surface area contributed by atoms with Gasteiger partial charge in [0.05, 0.1) is 5.56 Å². The lowest BCUT2D eigenvalue weighted by atomic mass is 10.1. The van der Waals surface area contributed by atoms with Crippen molar-refractivity contribution in [3.05, 3.63) is 58.1 Å². The van der Waals surface area contributed by atoms with Crippen molar-refractivity contribution >= 4 is 33.2 Å². The van der Waals surface area contributed by atoms with Crippen molar-refractivity contribution in [1.82, 2.24) is 0 Å². The summed E-state index contributed by atoms with van der Waals surface area (Å²) in [5.41, 5.74) is 8.97. The number of carbonyl (C=O) groups excluding carboxylic acids is 1. The summed E-state index contributed by atoms with van der Waals surface area (Å²) in [5, 5.41) is 0. The van der Waals surface area contributed by atoms with E-state index in [9.17, 15) is 4.79 Å². The number of anilines is 2. The van der Waals surface area contributed by atoms with Crippen molar-refractivity contribution in [2.75, 3.05) is 17.7 Å². The van der Waals surface area contributed by atoms with Crippen LogP contribution in [0.1, 0.15) is 22.8 Å². The molecule has 0 fully saturated rings. The smallest absolute Gasteiger partial charge is 0.260 e. The van der Waals surface area contributed by atoms with Gasteiger partial charge in [0.1, 0.15) is 0 Å². The highest BCUT2D eigenvalue weighted by molar-refractivity contribution is 9.10. The number of hydrogen-bond acceptors (Lipinski definition) is 2. The van der Waals surface area contributed by atoms with Gasteiger partial charge in [0, 0.05) is 22.9 Å². The lowest BCUT2D eigenvalue weighted by molar-refractivity contribution is 0.0994. The first-order valence-electron chi connectivity index (χ1n) is 6.45. The molecule has 0 saturated carbocycles. The van der Waals surface area contributed by atoms with Gasteiger partial charge >= 0.3 is 0 Å². The topological polar surface area (TPSA) is 46.3 Å². The zero-order valence-electron chi connectivity index (χ0n) is 11.6. The van der Waals surface area contributed by atoms with Crippen LogP contribution in [0.15, 0.2) is 46.9 Å². The first-order chi connectivity index (χ1) is 9.52. The highest BCUT2D eigenvalue weighted by Crippen LogP contribution is 2.22. The first kappa shape index (κ1) is 14.6. The molecule has 20 heavy (non-hydrogen) atoms. The van der Waals surface area contributed by atoms with E-state index in [4.69, 9.17) is 5.73 Å². The van der Waals surface area contributed by atoms with Crippen LogP contribution in [0, 0.1) is 0 Å². The van der Waals surface area contributed by atoms with Crippen molar-refractivity contribution < 1.29 is 4.79 Å². The molecule has 0 bridgehead atoms. The van der Waals surface area contributed by atoms with E-state index >= 15 is 0 Å². The molecule has 0 spiro atoms. The highest BCUT2D eigenvalue weighted by atomic mass is 79.9. The van der Waals surface area contributed by atoms with E-state index in [1.165, 1.54) is 5.56 Å². The number of amides is 1. The maximum atomic E-state index is 12.5. The molecule has 0 unspecified atom stereocenters. The third kappa shape index (κ3) is 3.02. The van der Waals surface area contributed by atoms with Gasteiger partial charge in [-0.05, 0) is 42.3 Å². The summed E-state index contributed by atoms with van der Waals surface area (Å²) in [6, 6.07) is 13.3. The van der Waals surface area contributed by atoms with Crippen molar-refractivity contribution in [3.8, 4) is 0 Å². The van der Waals surface area contributed by atoms with Gasteiger partial charge < -0.3 is 10.6 Å². The Labute approximate surface area is 127 Å². The van der Waals surface area contributed by atoms with E-state index in [1.807, 2.05) is 30.3 Å². The maximum Gasteiger partial charge on any atom is 0.260 e. The first-order valence-corrected chi connectivity index (χ1v) is 7.24. The molecule has 0 aliphatic rings. The van der Waals surface area contributed by atoms with Crippen molar-refractivity contribution in [2.45, 2.75) is 13.3 Å². The van der Waals surface area contributed by atoms with Gasteiger partial charge in [-0.1, -0.05) is 35.0 Å². The summed E-state index contributed by atoms with van der Waals surface area (Å²) in [4.78, 5) is 14.1. The SMILES string of the molecule is CCc1ccc(N(C)C(=O)c2cc(Br)ccc2N)cc1. The minimum atomic E-state index is -0.118. The molecule has 0 radical (unpaired) electrons. The number of halogens is 1. The summed E-state index contributed by atoms with van der Waals surface area (Å²) in [5.74, 6) is -0.118. The quantitative estimate of drug-likeness (QED) is 0.867. The molecule has 0 atom stereocenters. The van der Waals surface area contributed by atoms with Crippen LogP contribution in [-0.2, 0) is 6.42 Å². The number of carbonyl (C=O) groups is 1. The van der Waals surface area contributed by atoms with Gasteiger partial charge in [-0.25, -0.2) is 0 Å². The van der Waals surface area contributed by atoms with E-state index < -0.39 is 0 Å². The number of nitrogen functional groups attached to an aromatic ring is 1. The zero-order chi connectivity index (χ0) is 14.7. The second-order valence-electron chi connectivity index (χ2n) is 4.62. The number of nitrogens with zero attached hydrogens (tertiary/aromatic N) is 1. The molecule has 0 aliphatic heterocycles. The van der Waals surface area contributed by atoms with E-state index in [2.05, 4.69) is 22.9 Å². The van der Waals surface area contributed by atoms with Gasteiger partial charge in [0.2, 0.25) is 0 Å². The summed E-state index contributed by atoms with van der Waals surface area (Å²) in [6.45, 7) is 2.10. The van der Waals surface area contributed by atoms with Crippen LogP contribution in [-0.4, -0.2) is 13.0 Å². The lowest BCUT2D eigenvalue weighted by Gasteiger charge is -2.19. The second-order valence-corrected chi connectivity index (χ2v) is 5.53. The second kappa shape index (κ2) is 6.09. The molecule has 4 heteroatoms. The molecule has 0 saturated heterocycles. The average Bonchev–Trinajstić information content (AvgIpc) is 2.48. The Morgan fingerprint density at radius 2 is 1.85 bits per heavy atom. The van der Waals surface area contributed by atoms with Crippen LogP contribution in [0.25, 0.3) is 0 Å².